The second-order valence-electron chi connectivity index (χ2n) is 15.5. The van der Waals surface area contributed by atoms with Crippen molar-refractivity contribution in [1.82, 2.24) is 20.6 Å². The van der Waals surface area contributed by atoms with Gasteiger partial charge in [-0.05, 0) is 150 Å². The van der Waals surface area contributed by atoms with Gasteiger partial charge in [0.15, 0.2) is 10.3 Å². The third kappa shape index (κ3) is 14.7. The Bertz CT molecular complexity index is 3500. The summed E-state index contributed by atoms with van der Waals surface area (Å²) in [6, 6.07) is 44.4. The van der Waals surface area contributed by atoms with Crippen LogP contribution < -0.4 is 22.1 Å². The molecule has 0 atom stereocenters. The van der Waals surface area contributed by atoms with E-state index in [2.05, 4.69) is 78.0 Å². The molecule has 8 aromatic rings. The fraction of sp³-hybridized carbons (Fsp3) is 0.0566. The zero-order valence-corrected chi connectivity index (χ0v) is 43.9. The molecule has 0 bridgehead atoms. The SMILES string of the molecule is CC(=N)SCc1cccc2ccccc12.CC(N)=Nc1ccc(Cl)c(N=C2NC(=O)/C(=C/c3ccc4ncccc4c3)S2)c1.Cl.Cl.Nc1ccc(Cl)c(N=C2NC(=O)/C(=C/c3ccc4ncccc4c3)S2)c1. The van der Waals surface area contributed by atoms with Crippen molar-refractivity contribution < 1.29 is 9.59 Å². The normalized spacial score (nSPS) is 15.4. The van der Waals surface area contributed by atoms with Crippen LogP contribution in [-0.2, 0) is 15.3 Å². The highest BCUT2D eigenvalue weighted by molar-refractivity contribution is 8.19. The molecule has 2 fully saturated rings. The number of carbonyl (C=O) groups is 2. The van der Waals surface area contributed by atoms with Crippen LogP contribution in [0.4, 0.5) is 22.7 Å². The van der Waals surface area contributed by atoms with Crippen LogP contribution in [-0.4, -0.2) is 43.0 Å². The standard InChI is InChI=1S/C21H16ClN5OS.C19H13ClN4OS.C13H13NS.2ClH/c1-12(23)25-15-5-6-16(22)18(11-15)26-21-27-20(28)19(29-21)10-13-4-7-17-14(9-13)3-2-8-24-17;20-14-5-4-13(21)10-16(14)23-19-24-18(25)17(26-19)9-11-3-6-15-12(8-11)2-1-7-22-15;1-10(14)15-9-12-7-4-6-11-5-2-3-8-13(11)12;;/h2-11H,1H3,(H2,23,25)(H,26,27,28);1-10H,21H2,(H,23,24,25);2-8,14H,9H2,1H3;2*1H/b19-10-;17-9-;;;. The van der Waals surface area contributed by atoms with Crippen molar-refractivity contribution in [2.24, 2.45) is 20.7 Å². The lowest BCUT2D eigenvalue weighted by Crippen LogP contribution is -2.19. The molecule has 2 aliphatic heterocycles. The maximum absolute atomic E-state index is 12.4. The summed E-state index contributed by atoms with van der Waals surface area (Å²) in [6.07, 6.45) is 7.17. The molecule has 6 aromatic carbocycles. The van der Waals surface area contributed by atoms with Gasteiger partial charge < -0.3 is 22.1 Å². The van der Waals surface area contributed by atoms with Gasteiger partial charge in [-0.2, -0.15) is 0 Å². The molecule has 0 spiro atoms. The number of carbonyl (C=O) groups excluding carboxylic acids is 2. The molecule has 2 saturated heterocycles. The van der Waals surface area contributed by atoms with Gasteiger partial charge in [-0.25, -0.2) is 15.0 Å². The molecule has 0 saturated carbocycles. The molecule has 0 radical (unpaired) electrons. The van der Waals surface area contributed by atoms with Gasteiger partial charge in [0.2, 0.25) is 0 Å². The van der Waals surface area contributed by atoms with E-state index in [0.29, 0.717) is 63.8 Å². The topological polar surface area (TPSA) is 197 Å². The summed E-state index contributed by atoms with van der Waals surface area (Å²) in [6.45, 7) is 3.53. The zero-order valence-electron chi connectivity index (χ0n) is 38.3. The first-order chi connectivity index (χ1) is 33.8. The first kappa shape index (κ1) is 54.6. The van der Waals surface area contributed by atoms with Crippen molar-refractivity contribution in [2.75, 3.05) is 5.73 Å². The van der Waals surface area contributed by atoms with Gasteiger partial charge >= 0.3 is 0 Å². The van der Waals surface area contributed by atoms with Crippen LogP contribution in [0.15, 0.2) is 177 Å². The zero-order chi connectivity index (χ0) is 49.1. The van der Waals surface area contributed by atoms with E-state index < -0.39 is 0 Å². The number of thioether (sulfide) groups is 3. The largest absolute Gasteiger partial charge is 0.399 e. The van der Waals surface area contributed by atoms with Crippen molar-refractivity contribution in [2.45, 2.75) is 19.6 Å². The van der Waals surface area contributed by atoms with Crippen LogP contribution in [0.1, 0.15) is 30.5 Å². The van der Waals surface area contributed by atoms with E-state index in [1.807, 2.05) is 79.7 Å². The molecule has 0 unspecified atom stereocenters. The maximum Gasteiger partial charge on any atom is 0.264 e. The van der Waals surface area contributed by atoms with E-state index >= 15 is 0 Å². The molecular weight excluding hydrogens is 1050 g/mol. The lowest BCUT2D eigenvalue weighted by atomic mass is 10.1. The fourth-order valence-electron chi connectivity index (χ4n) is 6.93. The number of amides is 2. The minimum atomic E-state index is -0.205. The summed E-state index contributed by atoms with van der Waals surface area (Å²) in [4.78, 5) is 47.4. The number of nitrogen functional groups attached to an aromatic ring is 1. The van der Waals surface area contributed by atoms with E-state index in [0.717, 1.165) is 38.7 Å². The van der Waals surface area contributed by atoms with Crippen molar-refractivity contribution in [3.8, 4) is 0 Å². The van der Waals surface area contributed by atoms with E-state index in [1.165, 1.54) is 39.9 Å². The molecule has 12 nitrogen and oxygen atoms in total. The highest BCUT2D eigenvalue weighted by Crippen LogP contribution is 2.35. The van der Waals surface area contributed by atoms with E-state index in [4.69, 9.17) is 40.1 Å². The van der Waals surface area contributed by atoms with Crippen LogP contribution in [0.25, 0.3) is 44.7 Å². The van der Waals surface area contributed by atoms with Crippen LogP contribution in [0.5, 0.6) is 0 Å². The van der Waals surface area contributed by atoms with Crippen molar-refractivity contribution >= 4 is 184 Å². The number of nitrogens with zero attached hydrogens (tertiary/aromatic N) is 5. The summed E-state index contributed by atoms with van der Waals surface area (Å²) >= 11 is 16.5. The van der Waals surface area contributed by atoms with Crippen LogP contribution in [0.3, 0.4) is 0 Å². The molecule has 364 valence electrons. The molecule has 19 heteroatoms. The Labute approximate surface area is 450 Å². The summed E-state index contributed by atoms with van der Waals surface area (Å²) in [7, 11) is 0. The molecular formula is C53H44Cl4N10O2S3. The molecule has 4 heterocycles. The van der Waals surface area contributed by atoms with Gasteiger partial charge in [-0.1, -0.05) is 89.9 Å². The minimum Gasteiger partial charge on any atom is -0.399 e. The number of nitrogens with two attached hydrogens (primary N) is 2. The first-order valence-electron chi connectivity index (χ1n) is 21.4. The molecule has 0 aliphatic carbocycles. The van der Waals surface area contributed by atoms with Crippen LogP contribution >= 0.6 is 83.3 Å². The number of pyridine rings is 2. The lowest BCUT2D eigenvalue weighted by molar-refractivity contribution is -0.116. The van der Waals surface area contributed by atoms with E-state index in [-0.39, 0.29) is 36.6 Å². The van der Waals surface area contributed by atoms with E-state index in [9.17, 15) is 9.59 Å². The maximum atomic E-state index is 12.4. The summed E-state index contributed by atoms with van der Waals surface area (Å²) in [5.41, 5.74) is 18.6. The Hall–Kier alpha value is -6.69. The molecule has 2 amide bonds. The second-order valence-corrected chi connectivity index (χ2v) is 19.5. The number of halogens is 4. The predicted molar refractivity (Wildman–Crippen MR) is 313 cm³/mol. The van der Waals surface area contributed by atoms with Gasteiger partial charge in [0.1, 0.15) is 0 Å². The van der Waals surface area contributed by atoms with Gasteiger partial charge in [-0.15, -0.1) is 36.6 Å². The smallest absolute Gasteiger partial charge is 0.264 e. The van der Waals surface area contributed by atoms with Gasteiger partial charge in [0.05, 0.1) is 58.8 Å². The first-order valence-corrected chi connectivity index (χ1v) is 24.8. The highest BCUT2D eigenvalue weighted by Gasteiger charge is 2.25. The number of benzene rings is 6. The predicted octanol–water partition coefficient (Wildman–Crippen LogP) is 14.1. The summed E-state index contributed by atoms with van der Waals surface area (Å²) in [5, 5.41) is 20.1. The number of amidine groups is 3. The third-order valence-electron chi connectivity index (χ3n) is 10.1. The number of anilines is 1. The molecule has 2 aliphatic rings. The quantitative estimate of drug-likeness (QED) is 0.0446. The number of fused-ring (bicyclic) bond motifs is 3. The third-order valence-corrected chi connectivity index (χ3v) is 13.5. The van der Waals surface area contributed by atoms with Crippen molar-refractivity contribution in [1.29, 1.82) is 5.41 Å². The Morgan fingerprint density at radius 1 is 0.667 bits per heavy atom. The molecule has 10 rings (SSSR count). The van der Waals surface area contributed by atoms with Gasteiger partial charge in [0, 0.05) is 34.6 Å². The molecule has 72 heavy (non-hydrogen) atoms. The highest BCUT2D eigenvalue weighted by atomic mass is 35.5. The fourth-order valence-corrected chi connectivity index (χ4v) is 9.54. The van der Waals surface area contributed by atoms with Crippen molar-refractivity contribution in [3.05, 3.63) is 188 Å². The van der Waals surface area contributed by atoms with Crippen LogP contribution in [0, 0.1) is 5.41 Å². The number of aliphatic imine (C=N–C) groups is 3. The Morgan fingerprint density at radius 3 is 1.76 bits per heavy atom. The number of hydrogen-bond donors (Lipinski definition) is 5. The lowest BCUT2D eigenvalue weighted by Gasteiger charge is -2.05. The number of aromatic nitrogens is 2. The monoisotopic (exact) mass is 1090 g/mol. The average Bonchev–Trinajstić information content (AvgIpc) is 3.88. The Balaban J connectivity index is 0.000000182. The number of rotatable bonds is 7. The second kappa shape index (κ2) is 25.6. The Kier molecular flexibility index (Phi) is 19.4. The minimum absolute atomic E-state index is 0. The van der Waals surface area contributed by atoms with E-state index in [1.54, 1.807) is 67.5 Å². The number of nitrogens with one attached hydrogen (secondary N) is 3. The average molecular weight is 1090 g/mol. The van der Waals surface area contributed by atoms with Crippen molar-refractivity contribution in [3.63, 3.8) is 0 Å². The Morgan fingerprint density at radius 2 is 1.19 bits per heavy atom. The van der Waals surface area contributed by atoms with Crippen LogP contribution in [0.2, 0.25) is 10.0 Å². The molecule has 7 N–H and O–H groups in total. The number of hydrogen-bond acceptors (Lipinski definition) is 12. The van der Waals surface area contributed by atoms with Gasteiger partial charge in [-0.3, -0.25) is 25.0 Å². The molecule has 2 aromatic heterocycles. The summed E-state index contributed by atoms with van der Waals surface area (Å²) < 4.78 is 0. The van der Waals surface area contributed by atoms with Gasteiger partial charge in [0.25, 0.3) is 11.8 Å². The summed E-state index contributed by atoms with van der Waals surface area (Å²) in [5.74, 6) is 0.921.